The molecule has 3 heteroatoms. The number of ketones is 1. The van der Waals surface area contributed by atoms with Crippen molar-refractivity contribution < 1.29 is 9.22 Å². The highest BCUT2D eigenvalue weighted by Gasteiger charge is 2.29. The first-order chi connectivity index (χ1) is 8.20. The molecule has 0 spiro atoms. The maximum absolute atomic E-state index is 11.4. The first-order valence-corrected chi connectivity index (χ1v) is 10.5. The third-order valence-corrected chi connectivity index (χ3v) is 4.43. The zero-order valence-electron chi connectivity index (χ0n) is 12.7. The lowest BCUT2D eigenvalue weighted by Crippen LogP contribution is -2.36. The van der Waals surface area contributed by atoms with Crippen LogP contribution in [0.15, 0.2) is 11.6 Å². The predicted octanol–water partition coefficient (Wildman–Crippen LogP) is 4.18. The molecule has 1 aliphatic rings. The van der Waals surface area contributed by atoms with E-state index in [1.165, 1.54) is 5.57 Å². The van der Waals surface area contributed by atoms with E-state index in [1.807, 2.05) is 0 Å². The van der Waals surface area contributed by atoms with Crippen LogP contribution < -0.4 is 0 Å². The summed E-state index contributed by atoms with van der Waals surface area (Å²) in [6.07, 6.45) is 5.45. The number of carbonyl (C=O) groups excluding carboxylic acids is 1. The predicted molar refractivity (Wildman–Crippen MR) is 79.2 cm³/mol. The SMILES string of the molecule is CC(=O)C1CC=C(C(O[Si](C)(C)C)C(C)C)CC1. The largest absolute Gasteiger partial charge is 0.411 e. The van der Waals surface area contributed by atoms with Crippen LogP contribution in [-0.4, -0.2) is 20.2 Å². The molecule has 104 valence electrons. The van der Waals surface area contributed by atoms with Gasteiger partial charge in [-0.05, 0) is 57.3 Å². The van der Waals surface area contributed by atoms with E-state index in [2.05, 4.69) is 39.6 Å². The monoisotopic (exact) mass is 268 g/mol. The maximum Gasteiger partial charge on any atom is 0.184 e. The quantitative estimate of drug-likeness (QED) is 0.552. The van der Waals surface area contributed by atoms with Gasteiger partial charge >= 0.3 is 0 Å². The number of hydrogen-bond donors (Lipinski definition) is 0. The van der Waals surface area contributed by atoms with Crippen molar-refractivity contribution in [3.8, 4) is 0 Å². The Morgan fingerprint density at radius 3 is 2.33 bits per heavy atom. The second-order valence-electron chi connectivity index (χ2n) is 6.76. The van der Waals surface area contributed by atoms with Crippen molar-refractivity contribution in [3.05, 3.63) is 11.6 Å². The molecule has 0 aromatic rings. The summed E-state index contributed by atoms with van der Waals surface area (Å²) in [7, 11) is -1.51. The molecule has 0 amide bonds. The molecule has 2 unspecified atom stereocenters. The Kier molecular flexibility index (Phi) is 5.35. The average Bonchev–Trinajstić information content (AvgIpc) is 2.24. The molecule has 0 bridgehead atoms. The minimum atomic E-state index is -1.51. The Hall–Kier alpha value is -0.413. The van der Waals surface area contributed by atoms with Crippen LogP contribution in [0, 0.1) is 11.8 Å². The van der Waals surface area contributed by atoms with Gasteiger partial charge in [-0.3, -0.25) is 4.79 Å². The van der Waals surface area contributed by atoms with Gasteiger partial charge in [0.1, 0.15) is 5.78 Å². The van der Waals surface area contributed by atoms with E-state index < -0.39 is 8.32 Å². The Morgan fingerprint density at radius 1 is 1.39 bits per heavy atom. The van der Waals surface area contributed by atoms with Gasteiger partial charge in [0.05, 0.1) is 6.10 Å². The van der Waals surface area contributed by atoms with Gasteiger partial charge < -0.3 is 4.43 Å². The third-order valence-electron chi connectivity index (χ3n) is 3.47. The summed E-state index contributed by atoms with van der Waals surface area (Å²) in [6.45, 7) is 12.9. The summed E-state index contributed by atoms with van der Waals surface area (Å²) in [5.74, 6) is 1.09. The molecule has 0 radical (unpaired) electrons. The maximum atomic E-state index is 11.4. The lowest BCUT2D eigenvalue weighted by Gasteiger charge is -2.33. The van der Waals surface area contributed by atoms with Gasteiger partial charge in [-0.1, -0.05) is 19.9 Å². The van der Waals surface area contributed by atoms with Gasteiger partial charge in [0.15, 0.2) is 8.32 Å². The van der Waals surface area contributed by atoms with Crippen molar-refractivity contribution in [2.45, 2.75) is 65.8 Å². The van der Waals surface area contributed by atoms with Gasteiger partial charge in [-0.25, -0.2) is 0 Å². The Morgan fingerprint density at radius 2 is 2.00 bits per heavy atom. The van der Waals surface area contributed by atoms with E-state index in [0.29, 0.717) is 11.7 Å². The molecule has 0 aromatic heterocycles. The zero-order valence-corrected chi connectivity index (χ0v) is 13.7. The summed E-state index contributed by atoms with van der Waals surface area (Å²) in [6, 6.07) is 0. The minimum Gasteiger partial charge on any atom is -0.411 e. The van der Waals surface area contributed by atoms with E-state index in [-0.39, 0.29) is 12.0 Å². The molecule has 0 aromatic carbocycles. The molecule has 0 N–H and O–H groups in total. The summed E-state index contributed by atoms with van der Waals surface area (Å²) in [4.78, 5) is 11.4. The van der Waals surface area contributed by atoms with Gasteiger partial charge in [0.2, 0.25) is 0 Å². The minimum absolute atomic E-state index is 0.244. The lowest BCUT2D eigenvalue weighted by molar-refractivity contribution is -0.120. The van der Waals surface area contributed by atoms with Crippen LogP contribution in [0.3, 0.4) is 0 Å². The van der Waals surface area contributed by atoms with Gasteiger partial charge in [-0.15, -0.1) is 0 Å². The Bertz CT molecular complexity index is 326. The van der Waals surface area contributed by atoms with Crippen molar-refractivity contribution >= 4 is 14.1 Å². The highest BCUT2D eigenvalue weighted by molar-refractivity contribution is 6.69. The highest BCUT2D eigenvalue weighted by Crippen LogP contribution is 2.31. The van der Waals surface area contributed by atoms with Gasteiger partial charge in [0.25, 0.3) is 0 Å². The van der Waals surface area contributed by atoms with Crippen molar-refractivity contribution in [1.29, 1.82) is 0 Å². The molecule has 0 heterocycles. The fourth-order valence-corrected chi connectivity index (χ4v) is 3.69. The van der Waals surface area contributed by atoms with Crippen LogP contribution in [0.25, 0.3) is 0 Å². The van der Waals surface area contributed by atoms with Crippen molar-refractivity contribution in [3.63, 3.8) is 0 Å². The molecule has 0 aliphatic heterocycles. The number of allylic oxidation sites excluding steroid dienone is 1. The zero-order chi connectivity index (χ0) is 13.9. The molecule has 1 rings (SSSR count). The van der Waals surface area contributed by atoms with Crippen molar-refractivity contribution in [2.75, 3.05) is 0 Å². The van der Waals surface area contributed by atoms with E-state index in [4.69, 9.17) is 4.43 Å². The second kappa shape index (κ2) is 6.16. The number of rotatable bonds is 5. The van der Waals surface area contributed by atoms with Gasteiger partial charge in [-0.2, -0.15) is 0 Å². The molecule has 0 saturated carbocycles. The Balaban J connectivity index is 2.74. The van der Waals surface area contributed by atoms with E-state index in [9.17, 15) is 4.79 Å². The first-order valence-electron chi connectivity index (χ1n) is 7.08. The van der Waals surface area contributed by atoms with Crippen LogP contribution >= 0.6 is 0 Å². The van der Waals surface area contributed by atoms with Crippen LogP contribution in [0.1, 0.15) is 40.0 Å². The normalized spacial score (nSPS) is 22.8. The second-order valence-corrected chi connectivity index (χ2v) is 11.2. The topological polar surface area (TPSA) is 26.3 Å². The summed E-state index contributed by atoms with van der Waals surface area (Å²) in [5, 5.41) is 0. The van der Waals surface area contributed by atoms with E-state index in [0.717, 1.165) is 19.3 Å². The summed E-state index contributed by atoms with van der Waals surface area (Å²) < 4.78 is 6.32. The summed E-state index contributed by atoms with van der Waals surface area (Å²) in [5.41, 5.74) is 1.42. The molecule has 18 heavy (non-hydrogen) atoms. The van der Waals surface area contributed by atoms with Crippen molar-refractivity contribution in [1.82, 2.24) is 0 Å². The number of hydrogen-bond acceptors (Lipinski definition) is 2. The summed E-state index contributed by atoms with van der Waals surface area (Å²) >= 11 is 0. The number of carbonyl (C=O) groups is 1. The molecule has 2 nitrogen and oxygen atoms in total. The van der Waals surface area contributed by atoms with E-state index in [1.54, 1.807) is 6.92 Å². The van der Waals surface area contributed by atoms with E-state index >= 15 is 0 Å². The smallest absolute Gasteiger partial charge is 0.184 e. The molecule has 0 fully saturated rings. The standard InChI is InChI=1S/C15H28O2Si/c1-11(2)15(17-18(4,5)6)14-9-7-13(8-10-14)12(3)16/h9,11,13,15H,7-8,10H2,1-6H3. The average molecular weight is 268 g/mol. The van der Waals surface area contributed by atoms with Crippen LogP contribution in [-0.2, 0) is 9.22 Å². The fourth-order valence-electron chi connectivity index (χ4n) is 2.50. The lowest BCUT2D eigenvalue weighted by atomic mass is 9.83. The van der Waals surface area contributed by atoms with Crippen LogP contribution in [0.2, 0.25) is 19.6 Å². The number of Topliss-reactive ketones (excluding diaryl/α,β-unsaturated/α-hetero) is 1. The first kappa shape index (κ1) is 15.6. The van der Waals surface area contributed by atoms with Crippen LogP contribution in [0.5, 0.6) is 0 Å². The molecule has 2 atom stereocenters. The van der Waals surface area contributed by atoms with Gasteiger partial charge in [0, 0.05) is 5.92 Å². The third kappa shape index (κ3) is 4.69. The Labute approximate surface area is 113 Å². The highest BCUT2D eigenvalue weighted by atomic mass is 28.4. The molecule has 1 aliphatic carbocycles. The molecular formula is C15H28O2Si. The van der Waals surface area contributed by atoms with Crippen LogP contribution in [0.4, 0.5) is 0 Å². The molecular weight excluding hydrogens is 240 g/mol. The fraction of sp³-hybridized carbons (Fsp3) is 0.800. The van der Waals surface area contributed by atoms with Crippen molar-refractivity contribution in [2.24, 2.45) is 11.8 Å². The molecule has 0 saturated heterocycles.